The summed E-state index contributed by atoms with van der Waals surface area (Å²) in [5.74, 6) is 0. The zero-order valence-electron chi connectivity index (χ0n) is 8.72. The smallest absolute Gasteiger partial charge is 0.150 e. The number of rotatable bonds is 2. The van der Waals surface area contributed by atoms with Crippen molar-refractivity contribution in [2.24, 2.45) is 0 Å². The Kier molecular flexibility index (Phi) is 2.71. The van der Waals surface area contributed by atoms with Crippen molar-refractivity contribution >= 4 is 19.5 Å². The third kappa shape index (κ3) is 2.52. The van der Waals surface area contributed by atoms with Gasteiger partial charge in [0.15, 0.2) is 0 Å². The summed E-state index contributed by atoms with van der Waals surface area (Å²) < 4.78 is 0. The van der Waals surface area contributed by atoms with Crippen LogP contribution in [0.4, 0.5) is 0 Å². The summed E-state index contributed by atoms with van der Waals surface area (Å²) in [5, 5.41) is 1.36. The van der Waals surface area contributed by atoms with E-state index in [1.54, 1.807) is 0 Å². The molecule has 0 fully saturated rings. The molecule has 0 amide bonds. The Labute approximate surface area is 80.8 Å². The van der Waals surface area contributed by atoms with E-state index in [0.29, 0.717) is 0 Å². The van der Waals surface area contributed by atoms with Crippen LogP contribution in [0.25, 0.3) is 0 Å². The minimum atomic E-state index is -1.27. The molecule has 1 aromatic rings. The highest BCUT2D eigenvalue weighted by molar-refractivity contribution is 6.88. The third-order valence-corrected chi connectivity index (χ3v) is 4.12. The lowest BCUT2D eigenvalue weighted by atomic mass is 10.2. The van der Waals surface area contributed by atoms with Crippen LogP contribution in [0.2, 0.25) is 19.6 Å². The molecule has 0 spiro atoms. The zero-order chi connectivity index (χ0) is 10.1. The average Bonchev–Trinajstić information content (AvgIpc) is 2.01. The number of hydrogen-bond acceptors (Lipinski definition) is 1. The van der Waals surface area contributed by atoms with Gasteiger partial charge < -0.3 is 0 Å². The molecule has 1 aromatic carbocycles. The van der Waals surface area contributed by atoms with Gasteiger partial charge in [-0.1, -0.05) is 42.5 Å². The van der Waals surface area contributed by atoms with Crippen molar-refractivity contribution in [1.82, 2.24) is 0 Å². The SMILES string of the molecule is Cc1cc(C=O)cc([Si](C)(C)C)c1. The molecule has 0 unspecified atom stereocenters. The molecule has 0 saturated carbocycles. The number of hydrogen-bond donors (Lipinski definition) is 0. The third-order valence-electron chi connectivity index (χ3n) is 2.10. The summed E-state index contributed by atoms with van der Waals surface area (Å²) in [6, 6.07) is 6.14. The lowest BCUT2D eigenvalue weighted by Crippen LogP contribution is -2.37. The molecule has 0 aliphatic rings. The van der Waals surface area contributed by atoms with Crippen LogP contribution in [0.15, 0.2) is 18.2 Å². The van der Waals surface area contributed by atoms with E-state index in [9.17, 15) is 4.79 Å². The second-order valence-corrected chi connectivity index (χ2v) is 9.58. The molecule has 0 heterocycles. The van der Waals surface area contributed by atoms with E-state index in [1.807, 2.05) is 19.1 Å². The number of aldehydes is 1. The lowest BCUT2D eigenvalue weighted by molar-refractivity contribution is 0.112. The molecule has 0 aliphatic carbocycles. The molecule has 1 nitrogen and oxygen atoms in total. The first kappa shape index (κ1) is 10.2. The molecule has 0 aromatic heterocycles. The summed E-state index contributed by atoms with van der Waals surface area (Å²) in [6.45, 7) is 8.90. The van der Waals surface area contributed by atoms with Crippen molar-refractivity contribution < 1.29 is 4.79 Å². The molecule has 2 heteroatoms. The van der Waals surface area contributed by atoms with Crippen molar-refractivity contribution in [1.29, 1.82) is 0 Å². The molecule has 0 radical (unpaired) electrons. The summed E-state index contributed by atoms with van der Waals surface area (Å²) >= 11 is 0. The zero-order valence-corrected chi connectivity index (χ0v) is 9.72. The van der Waals surface area contributed by atoms with E-state index in [2.05, 4.69) is 25.7 Å². The molecule has 0 aliphatic heterocycles. The minimum absolute atomic E-state index is 0.803. The van der Waals surface area contributed by atoms with Gasteiger partial charge in [-0.05, 0) is 13.0 Å². The lowest BCUT2D eigenvalue weighted by Gasteiger charge is -2.17. The Balaban J connectivity index is 3.24. The second-order valence-electron chi connectivity index (χ2n) is 4.50. The van der Waals surface area contributed by atoms with E-state index in [4.69, 9.17) is 0 Å². The van der Waals surface area contributed by atoms with Gasteiger partial charge in [-0.15, -0.1) is 0 Å². The highest BCUT2D eigenvalue weighted by Crippen LogP contribution is 2.06. The van der Waals surface area contributed by atoms with Gasteiger partial charge in [0.2, 0.25) is 0 Å². The van der Waals surface area contributed by atoms with Crippen molar-refractivity contribution in [3.63, 3.8) is 0 Å². The Morgan fingerprint density at radius 3 is 2.23 bits per heavy atom. The maximum absolute atomic E-state index is 10.7. The molecule has 0 bridgehead atoms. The Morgan fingerprint density at radius 1 is 1.15 bits per heavy atom. The van der Waals surface area contributed by atoms with E-state index in [0.717, 1.165) is 11.8 Å². The molecule has 0 saturated heterocycles. The fraction of sp³-hybridized carbons (Fsp3) is 0.364. The van der Waals surface area contributed by atoms with Gasteiger partial charge >= 0.3 is 0 Å². The Morgan fingerprint density at radius 2 is 1.77 bits per heavy atom. The molecule has 13 heavy (non-hydrogen) atoms. The predicted octanol–water partition coefficient (Wildman–Crippen LogP) is 2.35. The summed E-state index contributed by atoms with van der Waals surface area (Å²) in [4.78, 5) is 10.7. The van der Waals surface area contributed by atoms with Crippen LogP contribution in [0.3, 0.4) is 0 Å². The van der Waals surface area contributed by atoms with Crippen molar-refractivity contribution in [3.8, 4) is 0 Å². The van der Waals surface area contributed by atoms with Gasteiger partial charge in [-0.25, -0.2) is 0 Å². The topological polar surface area (TPSA) is 17.1 Å². The van der Waals surface area contributed by atoms with Crippen molar-refractivity contribution in [2.75, 3.05) is 0 Å². The largest absolute Gasteiger partial charge is 0.298 e. The van der Waals surface area contributed by atoms with Gasteiger partial charge in [-0.2, -0.15) is 0 Å². The Bertz CT molecular complexity index is 323. The van der Waals surface area contributed by atoms with Crippen molar-refractivity contribution in [2.45, 2.75) is 26.6 Å². The van der Waals surface area contributed by atoms with Crippen LogP contribution in [0.1, 0.15) is 15.9 Å². The monoisotopic (exact) mass is 192 g/mol. The fourth-order valence-electron chi connectivity index (χ4n) is 1.31. The normalized spacial score (nSPS) is 11.4. The molecule has 70 valence electrons. The average molecular weight is 192 g/mol. The molecular weight excluding hydrogens is 176 g/mol. The highest BCUT2D eigenvalue weighted by Gasteiger charge is 2.16. The standard InChI is InChI=1S/C11H16OSi/c1-9-5-10(8-12)7-11(6-9)13(2,3)4/h5-8H,1-4H3. The molecule has 0 N–H and O–H groups in total. The van der Waals surface area contributed by atoms with Crippen molar-refractivity contribution in [3.05, 3.63) is 29.3 Å². The van der Waals surface area contributed by atoms with Gasteiger partial charge in [0.05, 0.1) is 8.07 Å². The maximum Gasteiger partial charge on any atom is 0.150 e. The van der Waals surface area contributed by atoms with Gasteiger partial charge in [0.25, 0.3) is 0 Å². The molecule has 1 rings (SSSR count). The van der Waals surface area contributed by atoms with E-state index in [-0.39, 0.29) is 0 Å². The maximum atomic E-state index is 10.7. The van der Waals surface area contributed by atoms with Crippen LogP contribution in [-0.4, -0.2) is 14.4 Å². The Hall–Kier alpha value is -0.893. The van der Waals surface area contributed by atoms with Gasteiger partial charge in [0, 0.05) is 5.56 Å². The predicted molar refractivity (Wildman–Crippen MR) is 59.5 cm³/mol. The number of carbonyl (C=O) groups is 1. The summed E-state index contributed by atoms with van der Waals surface area (Å²) in [6.07, 6.45) is 0.927. The highest BCUT2D eigenvalue weighted by atomic mass is 28.3. The minimum Gasteiger partial charge on any atom is -0.298 e. The first-order valence-electron chi connectivity index (χ1n) is 4.51. The first-order valence-corrected chi connectivity index (χ1v) is 8.01. The van der Waals surface area contributed by atoms with Crippen LogP contribution in [-0.2, 0) is 0 Å². The van der Waals surface area contributed by atoms with Crippen LogP contribution in [0, 0.1) is 6.92 Å². The quantitative estimate of drug-likeness (QED) is 0.519. The number of benzene rings is 1. The van der Waals surface area contributed by atoms with Crippen LogP contribution in [0.5, 0.6) is 0 Å². The van der Waals surface area contributed by atoms with Crippen LogP contribution >= 0.6 is 0 Å². The first-order chi connectivity index (χ1) is 5.93. The summed E-state index contributed by atoms with van der Waals surface area (Å²) in [7, 11) is -1.27. The number of carbonyl (C=O) groups excluding carboxylic acids is 1. The molecular formula is C11H16OSi. The van der Waals surface area contributed by atoms with E-state index >= 15 is 0 Å². The fourth-order valence-corrected chi connectivity index (χ4v) is 2.57. The second kappa shape index (κ2) is 3.46. The van der Waals surface area contributed by atoms with Gasteiger partial charge in [0.1, 0.15) is 6.29 Å². The van der Waals surface area contributed by atoms with E-state index in [1.165, 1.54) is 10.8 Å². The van der Waals surface area contributed by atoms with E-state index < -0.39 is 8.07 Å². The molecule has 0 atom stereocenters. The van der Waals surface area contributed by atoms with Gasteiger partial charge in [-0.3, -0.25) is 4.79 Å². The van der Waals surface area contributed by atoms with Crippen LogP contribution < -0.4 is 5.19 Å². The number of aryl methyl sites for hydroxylation is 1. The summed E-state index contributed by atoms with van der Waals surface area (Å²) in [5.41, 5.74) is 1.99.